The van der Waals surface area contributed by atoms with Crippen LogP contribution in [0.1, 0.15) is 6.42 Å². The highest BCUT2D eigenvalue weighted by Gasteiger charge is 2.37. The van der Waals surface area contributed by atoms with Gasteiger partial charge in [0, 0.05) is 0 Å². The minimum absolute atomic E-state index is 0.0486. The van der Waals surface area contributed by atoms with Gasteiger partial charge in [-0.15, -0.1) is 0 Å². The van der Waals surface area contributed by atoms with E-state index in [1.807, 2.05) is 0 Å². The third-order valence-corrected chi connectivity index (χ3v) is 6.34. The molecule has 0 aliphatic carbocycles. The number of anilines is 1. The lowest BCUT2D eigenvalue weighted by Crippen LogP contribution is -2.29. The normalized spacial score (nSPS) is 22.8. The number of pyridine rings is 1. The topological polar surface area (TPSA) is 93.2 Å². The van der Waals surface area contributed by atoms with Gasteiger partial charge in [0.15, 0.2) is 9.84 Å². The average Bonchev–Trinajstić information content (AvgIpc) is 2.59. The van der Waals surface area contributed by atoms with Crippen molar-refractivity contribution in [1.29, 1.82) is 0 Å². The van der Waals surface area contributed by atoms with Crippen molar-refractivity contribution < 1.29 is 21.2 Å². The Bertz CT molecular complexity index is 657. The van der Waals surface area contributed by atoms with E-state index in [1.54, 1.807) is 0 Å². The van der Waals surface area contributed by atoms with Crippen LogP contribution in [-0.2, 0) is 19.9 Å². The molecular formula is C9H11FN2O4S2. The lowest BCUT2D eigenvalue weighted by atomic mass is 10.4. The number of sulfonamides is 1. The lowest BCUT2D eigenvalue weighted by Gasteiger charge is -2.11. The van der Waals surface area contributed by atoms with E-state index < -0.39 is 36.8 Å². The van der Waals surface area contributed by atoms with E-state index in [0.717, 1.165) is 6.07 Å². The van der Waals surface area contributed by atoms with Gasteiger partial charge in [-0.05, 0) is 18.6 Å². The second-order valence-electron chi connectivity index (χ2n) is 4.02. The fourth-order valence-corrected chi connectivity index (χ4v) is 5.73. The van der Waals surface area contributed by atoms with E-state index >= 15 is 0 Å². The zero-order chi connectivity index (χ0) is 13.4. The van der Waals surface area contributed by atoms with Crippen LogP contribution in [0.5, 0.6) is 0 Å². The van der Waals surface area contributed by atoms with Gasteiger partial charge in [-0.1, -0.05) is 6.07 Å². The second kappa shape index (κ2) is 4.47. The Morgan fingerprint density at radius 3 is 2.67 bits per heavy atom. The minimum Gasteiger partial charge on any atom is -0.267 e. The SMILES string of the molecule is O=S1(=O)CCC(S(=O)(=O)Nc2cccc(F)n2)C1. The van der Waals surface area contributed by atoms with Crippen LogP contribution in [0.25, 0.3) is 0 Å². The van der Waals surface area contributed by atoms with Crippen LogP contribution in [0.4, 0.5) is 10.2 Å². The number of hydrogen-bond donors (Lipinski definition) is 1. The van der Waals surface area contributed by atoms with Gasteiger partial charge in [-0.25, -0.2) is 21.8 Å². The van der Waals surface area contributed by atoms with Crippen molar-refractivity contribution in [2.24, 2.45) is 0 Å². The van der Waals surface area contributed by atoms with Crippen molar-refractivity contribution in [2.45, 2.75) is 11.7 Å². The lowest BCUT2D eigenvalue weighted by molar-refractivity contribution is 0.581. The van der Waals surface area contributed by atoms with E-state index in [4.69, 9.17) is 0 Å². The molecule has 1 saturated heterocycles. The fourth-order valence-electron chi connectivity index (χ4n) is 1.70. The molecule has 2 rings (SSSR count). The van der Waals surface area contributed by atoms with Crippen LogP contribution in [0.15, 0.2) is 18.2 Å². The van der Waals surface area contributed by atoms with Crippen LogP contribution in [0.2, 0.25) is 0 Å². The molecule has 0 bridgehead atoms. The molecule has 0 amide bonds. The summed E-state index contributed by atoms with van der Waals surface area (Å²) >= 11 is 0. The minimum atomic E-state index is -3.86. The molecule has 1 aromatic heterocycles. The van der Waals surface area contributed by atoms with Crippen molar-refractivity contribution in [3.05, 3.63) is 24.1 Å². The third-order valence-electron chi connectivity index (χ3n) is 2.59. The molecule has 1 fully saturated rings. The van der Waals surface area contributed by atoms with Gasteiger partial charge in [-0.2, -0.15) is 4.39 Å². The monoisotopic (exact) mass is 294 g/mol. The predicted molar refractivity (Wildman–Crippen MR) is 63.8 cm³/mol. The molecule has 1 atom stereocenters. The van der Waals surface area contributed by atoms with E-state index in [-0.39, 0.29) is 18.0 Å². The molecule has 1 N–H and O–H groups in total. The maximum absolute atomic E-state index is 12.8. The molecule has 9 heteroatoms. The van der Waals surface area contributed by atoms with E-state index in [0.29, 0.717) is 0 Å². The number of nitrogens with one attached hydrogen (secondary N) is 1. The molecule has 0 aromatic carbocycles. The van der Waals surface area contributed by atoms with Crippen LogP contribution in [0, 0.1) is 5.95 Å². The summed E-state index contributed by atoms with van der Waals surface area (Å²) in [6.45, 7) is 0. The molecule has 1 aliphatic heterocycles. The summed E-state index contributed by atoms with van der Waals surface area (Å²) in [6, 6.07) is 3.69. The van der Waals surface area contributed by atoms with Crippen molar-refractivity contribution in [3.63, 3.8) is 0 Å². The molecular weight excluding hydrogens is 283 g/mol. The molecule has 0 spiro atoms. The highest BCUT2D eigenvalue weighted by Crippen LogP contribution is 2.20. The van der Waals surface area contributed by atoms with Gasteiger partial charge >= 0.3 is 0 Å². The van der Waals surface area contributed by atoms with Crippen LogP contribution >= 0.6 is 0 Å². The zero-order valence-electron chi connectivity index (χ0n) is 9.21. The summed E-state index contributed by atoms with van der Waals surface area (Å²) in [5.41, 5.74) is 0. The highest BCUT2D eigenvalue weighted by molar-refractivity contribution is 7.97. The molecule has 1 unspecified atom stereocenters. The largest absolute Gasteiger partial charge is 0.267 e. The first-order valence-electron chi connectivity index (χ1n) is 5.13. The van der Waals surface area contributed by atoms with Gasteiger partial charge in [0.2, 0.25) is 16.0 Å². The Hall–Kier alpha value is -1.22. The number of halogens is 1. The second-order valence-corrected chi connectivity index (χ2v) is 8.21. The molecule has 6 nitrogen and oxygen atoms in total. The van der Waals surface area contributed by atoms with Gasteiger partial charge in [0.1, 0.15) is 5.82 Å². The van der Waals surface area contributed by atoms with Crippen LogP contribution in [-0.4, -0.2) is 38.6 Å². The molecule has 0 radical (unpaired) electrons. The molecule has 18 heavy (non-hydrogen) atoms. The quantitative estimate of drug-likeness (QED) is 0.801. The van der Waals surface area contributed by atoms with Crippen molar-refractivity contribution in [2.75, 3.05) is 16.2 Å². The molecule has 100 valence electrons. The third kappa shape index (κ3) is 2.96. The Balaban J connectivity index is 2.18. The van der Waals surface area contributed by atoms with E-state index in [1.165, 1.54) is 12.1 Å². The molecule has 1 aromatic rings. The van der Waals surface area contributed by atoms with E-state index in [2.05, 4.69) is 9.71 Å². The number of nitrogens with zero attached hydrogens (tertiary/aromatic N) is 1. The Labute approximate surface area is 104 Å². The maximum Gasteiger partial charge on any atom is 0.237 e. The smallest absolute Gasteiger partial charge is 0.237 e. The summed E-state index contributed by atoms with van der Waals surface area (Å²) in [4.78, 5) is 3.36. The van der Waals surface area contributed by atoms with Gasteiger partial charge < -0.3 is 0 Å². The number of sulfone groups is 1. The van der Waals surface area contributed by atoms with Crippen LogP contribution < -0.4 is 4.72 Å². The van der Waals surface area contributed by atoms with Crippen LogP contribution in [0.3, 0.4) is 0 Å². The van der Waals surface area contributed by atoms with Gasteiger partial charge in [0.05, 0.1) is 16.8 Å². The van der Waals surface area contributed by atoms with Crippen molar-refractivity contribution in [1.82, 2.24) is 4.98 Å². The summed E-state index contributed by atoms with van der Waals surface area (Å²) in [6.07, 6.45) is 0.0486. The predicted octanol–water partition coefficient (Wildman–Crippen LogP) is 0.149. The molecule has 0 saturated carbocycles. The Morgan fingerprint density at radius 2 is 2.11 bits per heavy atom. The summed E-state index contributed by atoms with van der Waals surface area (Å²) < 4.78 is 61.1. The summed E-state index contributed by atoms with van der Waals surface area (Å²) in [7, 11) is -7.15. The summed E-state index contributed by atoms with van der Waals surface area (Å²) in [5, 5.41) is -1.01. The Kier molecular flexibility index (Phi) is 3.28. The van der Waals surface area contributed by atoms with Crippen molar-refractivity contribution in [3.8, 4) is 0 Å². The fraction of sp³-hybridized carbons (Fsp3) is 0.444. The maximum atomic E-state index is 12.8. The highest BCUT2D eigenvalue weighted by atomic mass is 32.2. The standard InChI is InChI=1S/C9H11FN2O4S2/c10-8-2-1-3-9(11-8)12-18(15,16)7-4-5-17(13,14)6-7/h1-3,7H,4-6H2,(H,11,12). The zero-order valence-corrected chi connectivity index (χ0v) is 10.8. The van der Waals surface area contributed by atoms with E-state index in [9.17, 15) is 21.2 Å². The number of hydrogen-bond acceptors (Lipinski definition) is 5. The molecule has 1 aliphatic rings. The first-order chi connectivity index (χ1) is 8.28. The molecule has 2 heterocycles. The Morgan fingerprint density at radius 1 is 1.39 bits per heavy atom. The first-order valence-corrected chi connectivity index (χ1v) is 8.50. The summed E-state index contributed by atoms with van der Waals surface area (Å²) in [5.74, 6) is -1.51. The first kappa shape index (κ1) is 13.2. The van der Waals surface area contributed by atoms with Gasteiger partial charge in [0.25, 0.3) is 0 Å². The number of rotatable bonds is 3. The van der Waals surface area contributed by atoms with Crippen molar-refractivity contribution >= 4 is 25.7 Å². The van der Waals surface area contributed by atoms with Gasteiger partial charge in [-0.3, -0.25) is 4.72 Å². The number of aromatic nitrogens is 1. The average molecular weight is 294 g/mol.